The number of hydrogen-bond acceptors (Lipinski definition) is 8. The van der Waals surface area contributed by atoms with Crippen LogP contribution in [0.5, 0.6) is 5.88 Å². The number of ether oxygens (including phenoxy) is 2. The third kappa shape index (κ3) is 2.93. The number of rotatable bonds is 4. The monoisotopic (exact) mass is 331 g/mol. The van der Waals surface area contributed by atoms with Crippen molar-refractivity contribution in [2.24, 2.45) is 17.8 Å². The fourth-order valence-electron chi connectivity index (χ4n) is 3.76. The van der Waals surface area contributed by atoms with Crippen LogP contribution in [-0.2, 0) is 11.2 Å². The van der Waals surface area contributed by atoms with Crippen LogP contribution in [0.15, 0.2) is 16.8 Å². The van der Waals surface area contributed by atoms with E-state index in [0.717, 1.165) is 38.5 Å². The Morgan fingerprint density at radius 3 is 2.96 bits per heavy atom. The summed E-state index contributed by atoms with van der Waals surface area (Å²) in [7, 11) is 1.62. The summed E-state index contributed by atoms with van der Waals surface area (Å²) in [4.78, 5) is 10.8. The third-order valence-corrected chi connectivity index (χ3v) is 4.93. The highest BCUT2D eigenvalue weighted by Crippen LogP contribution is 2.37. The second-order valence-electron chi connectivity index (χ2n) is 6.46. The van der Waals surface area contributed by atoms with Crippen molar-refractivity contribution in [1.82, 2.24) is 20.2 Å². The van der Waals surface area contributed by atoms with Crippen molar-refractivity contribution in [3.63, 3.8) is 0 Å². The number of aromatic nitrogens is 4. The number of methoxy groups -OCH3 is 1. The number of nitrogens with zero attached hydrogens (tertiary/aromatic N) is 5. The number of fused-ring (bicyclic) bond motifs is 1. The predicted molar refractivity (Wildman–Crippen MR) is 84.8 cm³/mol. The summed E-state index contributed by atoms with van der Waals surface area (Å²) in [6.45, 7) is 5.24. The van der Waals surface area contributed by atoms with Crippen LogP contribution >= 0.6 is 0 Å². The Morgan fingerprint density at radius 2 is 2.17 bits per heavy atom. The molecule has 2 saturated heterocycles. The van der Waals surface area contributed by atoms with Crippen molar-refractivity contribution in [2.45, 2.75) is 13.3 Å². The maximum Gasteiger partial charge on any atom is 0.218 e. The normalized spacial score (nSPS) is 26.4. The second kappa shape index (κ2) is 6.35. The van der Waals surface area contributed by atoms with Gasteiger partial charge in [0.05, 0.1) is 20.3 Å². The van der Waals surface area contributed by atoms with E-state index in [0.29, 0.717) is 35.4 Å². The van der Waals surface area contributed by atoms with Crippen LogP contribution in [0, 0.1) is 24.7 Å². The fourth-order valence-corrected chi connectivity index (χ4v) is 3.76. The first-order valence-electron chi connectivity index (χ1n) is 8.20. The Balaban J connectivity index is 1.49. The average Bonchev–Trinajstić information content (AvgIpc) is 3.22. The summed E-state index contributed by atoms with van der Waals surface area (Å²) in [5.74, 6) is 4.22. The van der Waals surface area contributed by atoms with Crippen LogP contribution in [0.4, 0.5) is 5.82 Å². The Labute approximate surface area is 140 Å². The van der Waals surface area contributed by atoms with E-state index in [9.17, 15) is 0 Å². The molecule has 2 aliphatic heterocycles. The minimum atomic E-state index is 0.386. The fraction of sp³-hybridized carbons (Fsp3) is 0.625. The lowest BCUT2D eigenvalue weighted by molar-refractivity contribution is -0.0107. The minimum Gasteiger partial charge on any atom is -0.481 e. The molecule has 2 aromatic heterocycles. The molecule has 2 fully saturated rings. The van der Waals surface area contributed by atoms with Crippen molar-refractivity contribution in [1.29, 1.82) is 0 Å². The molecule has 0 aromatic carbocycles. The molecule has 4 rings (SSSR count). The van der Waals surface area contributed by atoms with E-state index < -0.39 is 0 Å². The Morgan fingerprint density at radius 1 is 1.25 bits per heavy atom. The summed E-state index contributed by atoms with van der Waals surface area (Å²) >= 11 is 0. The molecule has 0 N–H and O–H groups in total. The van der Waals surface area contributed by atoms with E-state index in [4.69, 9.17) is 13.9 Å². The zero-order chi connectivity index (χ0) is 16.5. The average molecular weight is 331 g/mol. The Kier molecular flexibility index (Phi) is 4.05. The van der Waals surface area contributed by atoms with Gasteiger partial charge in [0, 0.05) is 38.4 Å². The minimum absolute atomic E-state index is 0.386. The lowest BCUT2D eigenvalue weighted by Gasteiger charge is -2.31. The highest BCUT2D eigenvalue weighted by Gasteiger charge is 2.42. The molecule has 2 aliphatic rings. The van der Waals surface area contributed by atoms with Gasteiger partial charge in [-0.05, 0) is 11.8 Å². The molecule has 3 atom stereocenters. The highest BCUT2D eigenvalue weighted by molar-refractivity contribution is 5.42. The first kappa shape index (κ1) is 15.3. The summed E-state index contributed by atoms with van der Waals surface area (Å²) in [5.41, 5.74) is 0. The third-order valence-electron chi connectivity index (χ3n) is 4.93. The van der Waals surface area contributed by atoms with Crippen LogP contribution in [-0.4, -0.2) is 53.6 Å². The molecule has 4 heterocycles. The number of aryl methyl sites for hydroxylation is 1. The Hall–Kier alpha value is -2.22. The van der Waals surface area contributed by atoms with Crippen LogP contribution in [0.3, 0.4) is 0 Å². The van der Waals surface area contributed by atoms with Crippen LogP contribution in [0.2, 0.25) is 0 Å². The first-order valence-corrected chi connectivity index (χ1v) is 8.20. The van der Waals surface area contributed by atoms with Crippen molar-refractivity contribution in [3.8, 4) is 5.88 Å². The second-order valence-corrected chi connectivity index (χ2v) is 6.46. The maximum absolute atomic E-state index is 5.83. The van der Waals surface area contributed by atoms with Crippen molar-refractivity contribution >= 4 is 5.82 Å². The lowest BCUT2D eigenvalue weighted by Crippen LogP contribution is -2.36. The van der Waals surface area contributed by atoms with E-state index in [1.807, 2.05) is 13.0 Å². The van der Waals surface area contributed by atoms with Gasteiger partial charge in [0.1, 0.15) is 12.1 Å². The van der Waals surface area contributed by atoms with Crippen LogP contribution in [0.1, 0.15) is 11.8 Å². The summed E-state index contributed by atoms with van der Waals surface area (Å²) in [6, 6.07) is 1.88. The van der Waals surface area contributed by atoms with Crippen molar-refractivity contribution in [2.75, 3.05) is 38.3 Å². The summed E-state index contributed by atoms with van der Waals surface area (Å²) < 4.78 is 16.6. The molecule has 0 spiro atoms. The van der Waals surface area contributed by atoms with Gasteiger partial charge in [0.15, 0.2) is 0 Å². The van der Waals surface area contributed by atoms with Gasteiger partial charge in [0.25, 0.3) is 0 Å². The van der Waals surface area contributed by atoms with Gasteiger partial charge in [-0.3, -0.25) is 0 Å². The van der Waals surface area contributed by atoms with Crippen molar-refractivity contribution < 1.29 is 13.9 Å². The molecule has 0 radical (unpaired) electrons. The summed E-state index contributed by atoms with van der Waals surface area (Å²) in [5, 5.41) is 8.05. The molecule has 0 saturated carbocycles. The van der Waals surface area contributed by atoms with Crippen molar-refractivity contribution in [3.05, 3.63) is 24.2 Å². The molecular weight excluding hydrogens is 310 g/mol. The predicted octanol–water partition coefficient (Wildman–Crippen LogP) is 1.12. The van der Waals surface area contributed by atoms with Gasteiger partial charge < -0.3 is 18.8 Å². The summed E-state index contributed by atoms with van der Waals surface area (Å²) in [6.07, 6.45) is 2.31. The molecular formula is C16H21N5O3. The maximum atomic E-state index is 5.83. The van der Waals surface area contributed by atoms with E-state index in [2.05, 4.69) is 25.1 Å². The number of anilines is 1. The van der Waals surface area contributed by atoms with Gasteiger partial charge in [0.2, 0.25) is 17.7 Å². The standard InChI is InChI=1S/C16H21N5O3/c1-10-19-20-16(24-10)3-11-7-23-8-12-5-21(6-13(11)12)14-4-15(22-2)18-9-17-14/h4,9,11-13H,3,5-8H2,1-2H3/t11-,12-,13+/m1/s1. The van der Waals surface area contributed by atoms with Gasteiger partial charge in [-0.2, -0.15) is 0 Å². The van der Waals surface area contributed by atoms with Gasteiger partial charge >= 0.3 is 0 Å². The number of hydrogen-bond donors (Lipinski definition) is 0. The van der Waals surface area contributed by atoms with E-state index in [1.54, 1.807) is 13.4 Å². The molecule has 24 heavy (non-hydrogen) atoms. The van der Waals surface area contributed by atoms with Gasteiger partial charge in [-0.25, -0.2) is 9.97 Å². The first-order chi connectivity index (χ1) is 11.7. The smallest absolute Gasteiger partial charge is 0.218 e. The largest absolute Gasteiger partial charge is 0.481 e. The molecule has 8 heteroatoms. The molecule has 8 nitrogen and oxygen atoms in total. The highest BCUT2D eigenvalue weighted by atomic mass is 16.5. The van der Waals surface area contributed by atoms with Crippen LogP contribution in [0.25, 0.3) is 0 Å². The van der Waals surface area contributed by atoms with Gasteiger partial charge in [-0.15, -0.1) is 10.2 Å². The van der Waals surface area contributed by atoms with Gasteiger partial charge in [-0.1, -0.05) is 0 Å². The van der Waals surface area contributed by atoms with Crippen LogP contribution < -0.4 is 9.64 Å². The quantitative estimate of drug-likeness (QED) is 0.824. The Bertz CT molecular complexity index is 707. The molecule has 0 unspecified atom stereocenters. The molecule has 0 aliphatic carbocycles. The van der Waals surface area contributed by atoms with E-state index in [1.165, 1.54) is 0 Å². The molecule has 0 bridgehead atoms. The molecule has 2 aromatic rings. The molecule has 0 amide bonds. The molecule has 128 valence electrons. The van der Waals surface area contributed by atoms with E-state index >= 15 is 0 Å². The SMILES string of the molecule is COc1cc(N2C[C@@H]3COC[C@@H](Cc4nnc(C)o4)[C@@H]3C2)ncn1. The zero-order valence-corrected chi connectivity index (χ0v) is 13.9. The topological polar surface area (TPSA) is 86.4 Å². The van der Waals surface area contributed by atoms with E-state index in [-0.39, 0.29) is 0 Å². The zero-order valence-electron chi connectivity index (χ0n) is 13.9. The lowest BCUT2D eigenvalue weighted by atomic mass is 9.81.